The van der Waals surface area contributed by atoms with E-state index >= 15 is 0 Å². The second kappa shape index (κ2) is 4.57. The molecular formula is C10H20N2O2. The molecule has 2 fully saturated rings. The molecule has 2 rings (SSSR count). The average molecular weight is 200 g/mol. The molecule has 14 heavy (non-hydrogen) atoms. The predicted molar refractivity (Wildman–Crippen MR) is 54.0 cm³/mol. The third-order valence-corrected chi connectivity index (χ3v) is 3.54. The Kier molecular flexibility index (Phi) is 3.38. The van der Waals surface area contributed by atoms with Gasteiger partial charge in [0.15, 0.2) is 0 Å². The standard InChI is InChI=1S/C10H20N2O2/c13-7-10(14)8-1-2-9-5-11-3-4-12(9)6-8/h8-11,13-14H,1-7H2/t8?,9-,10?/m0/s1. The van der Waals surface area contributed by atoms with E-state index in [1.54, 1.807) is 0 Å². The molecule has 82 valence electrons. The lowest BCUT2D eigenvalue weighted by atomic mass is 9.88. The Morgan fingerprint density at radius 2 is 2.29 bits per heavy atom. The third kappa shape index (κ3) is 2.08. The van der Waals surface area contributed by atoms with Crippen molar-refractivity contribution in [3.05, 3.63) is 0 Å². The summed E-state index contributed by atoms with van der Waals surface area (Å²) in [5, 5.41) is 21.9. The quantitative estimate of drug-likeness (QED) is 0.536. The summed E-state index contributed by atoms with van der Waals surface area (Å²) in [6.07, 6.45) is 1.67. The number of aliphatic hydroxyl groups excluding tert-OH is 2. The Morgan fingerprint density at radius 1 is 1.43 bits per heavy atom. The highest BCUT2D eigenvalue weighted by molar-refractivity contribution is 4.88. The zero-order valence-electron chi connectivity index (χ0n) is 8.52. The minimum Gasteiger partial charge on any atom is -0.394 e. The minimum absolute atomic E-state index is 0.0958. The van der Waals surface area contributed by atoms with E-state index in [0.29, 0.717) is 6.04 Å². The SMILES string of the molecule is OCC(O)C1CC[C@H]2CNCCN2C1. The van der Waals surface area contributed by atoms with E-state index in [-0.39, 0.29) is 12.5 Å². The van der Waals surface area contributed by atoms with Crippen LogP contribution in [0.15, 0.2) is 0 Å². The maximum Gasteiger partial charge on any atom is 0.0811 e. The molecule has 0 aromatic heterocycles. The van der Waals surface area contributed by atoms with Crippen molar-refractivity contribution in [2.45, 2.75) is 25.0 Å². The summed E-state index contributed by atoms with van der Waals surface area (Å²) in [7, 11) is 0. The fraction of sp³-hybridized carbons (Fsp3) is 1.00. The number of piperazine rings is 1. The van der Waals surface area contributed by atoms with Crippen LogP contribution in [0.5, 0.6) is 0 Å². The molecule has 4 heteroatoms. The van der Waals surface area contributed by atoms with Crippen LogP contribution >= 0.6 is 0 Å². The molecule has 0 saturated carbocycles. The van der Waals surface area contributed by atoms with Crippen LogP contribution in [-0.4, -0.2) is 60.0 Å². The number of hydrogen-bond acceptors (Lipinski definition) is 4. The number of hydrogen-bond donors (Lipinski definition) is 3. The monoisotopic (exact) mass is 200 g/mol. The van der Waals surface area contributed by atoms with Gasteiger partial charge in [-0.15, -0.1) is 0 Å². The normalized spacial score (nSPS) is 36.4. The van der Waals surface area contributed by atoms with Gasteiger partial charge in [0.05, 0.1) is 12.7 Å². The first-order valence-corrected chi connectivity index (χ1v) is 5.55. The first-order chi connectivity index (χ1) is 6.81. The van der Waals surface area contributed by atoms with Gasteiger partial charge in [-0.25, -0.2) is 0 Å². The average Bonchev–Trinajstić information content (AvgIpc) is 2.27. The smallest absolute Gasteiger partial charge is 0.0811 e. The third-order valence-electron chi connectivity index (χ3n) is 3.54. The first kappa shape index (κ1) is 10.4. The lowest BCUT2D eigenvalue weighted by Gasteiger charge is -2.43. The fourth-order valence-corrected chi connectivity index (χ4v) is 2.59. The van der Waals surface area contributed by atoms with Crippen LogP contribution in [0.25, 0.3) is 0 Å². The molecule has 0 bridgehead atoms. The van der Waals surface area contributed by atoms with Crippen molar-refractivity contribution in [1.82, 2.24) is 10.2 Å². The van der Waals surface area contributed by atoms with E-state index in [1.807, 2.05) is 0 Å². The molecule has 4 nitrogen and oxygen atoms in total. The Hall–Kier alpha value is -0.160. The van der Waals surface area contributed by atoms with Crippen LogP contribution in [0.3, 0.4) is 0 Å². The topological polar surface area (TPSA) is 55.7 Å². The molecule has 2 saturated heterocycles. The van der Waals surface area contributed by atoms with Gasteiger partial charge >= 0.3 is 0 Å². The van der Waals surface area contributed by atoms with Gasteiger partial charge in [-0.05, 0) is 18.8 Å². The Morgan fingerprint density at radius 3 is 3.07 bits per heavy atom. The van der Waals surface area contributed by atoms with Crippen molar-refractivity contribution in [2.75, 3.05) is 32.8 Å². The molecule has 2 unspecified atom stereocenters. The number of aliphatic hydroxyl groups is 2. The summed E-state index contributed by atoms with van der Waals surface area (Å²) in [4.78, 5) is 2.45. The lowest BCUT2D eigenvalue weighted by molar-refractivity contribution is -0.00899. The van der Waals surface area contributed by atoms with Crippen molar-refractivity contribution in [3.63, 3.8) is 0 Å². The first-order valence-electron chi connectivity index (χ1n) is 5.55. The van der Waals surface area contributed by atoms with E-state index in [2.05, 4.69) is 10.2 Å². The van der Waals surface area contributed by atoms with Gasteiger partial charge in [-0.3, -0.25) is 4.90 Å². The maximum atomic E-state index is 9.58. The Labute approximate surface area is 84.9 Å². The largest absolute Gasteiger partial charge is 0.394 e. The molecule has 0 spiro atoms. The molecule has 2 heterocycles. The summed E-state index contributed by atoms with van der Waals surface area (Å²) in [6.45, 7) is 4.08. The van der Waals surface area contributed by atoms with Gasteiger partial charge in [0.2, 0.25) is 0 Å². The number of piperidine rings is 1. The molecule has 2 aliphatic rings. The highest BCUT2D eigenvalue weighted by Crippen LogP contribution is 2.25. The highest BCUT2D eigenvalue weighted by atomic mass is 16.3. The van der Waals surface area contributed by atoms with Gasteiger partial charge in [-0.1, -0.05) is 0 Å². The van der Waals surface area contributed by atoms with Gasteiger partial charge < -0.3 is 15.5 Å². The van der Waals surface area contributed by atoms with Crippen LogP contribution in [0, 0.1) is 5.92 Å². The van der Waals surface area contributed by atoms with Crippen molar-refractivity contribution in [2.24, 2.45) is 5.92 Å². The van der Waals surface area contributed by atoms with Crippen molar-refractivity contribution in [3.8, 4) is 0 Å². The van der Waals surface area contributed by atoms with Crippen LogP contribution in [-0.2, 0) is 0 Å². The van der Waals surface area contributed by atoms with Crippen LogP contribution in [0.1, 0.15) is 12.8 Å². The zero-order chi connectivity index (χ0) is 9.97. The Bertz CT molecular complexity index is 189. The van der Waals surface area contributed by atoms with Crippen LogP contribution < -0.4 is 5.32 Å². The minimum atomic E-state index is -0.522. The molecule has 0 aromatic carbocycles. The zero-order valence-corrected chi connectivity index (χ0v) is 8.52. The summed E-state index contributed by atoms with van der Waals surface area (Å²) >= 11 is 0. The molecule has 2 aliphatic heterocycles. The molecule has 0 aliphatic carbocycles. The highest BCUT2D eigenvalue weighted by Gasteiger charge is 2.32. The summed E-state index contributed by atoms with van der Waals surface area (Å²) in [5.74, 6) is 0.273. The van der Waals surface area contributed by atoms with Gasteiger partial charge in [0, 0.05) is 32.2 Å². The molecule has 0 aromatic rings. The summed E-state index contributed by atoms with van der Waals surface area (Å²) in [6, 6.07) is 0.658. The van der Waals surface area contributed by atoms with Crippen molar-refractivity contribution < 1.29 is 10.2 Å². The van der Waals surface area contributed by atoms with Gasteiger partial charge in [-0.2, -0.15) is 0 Å². The number of fused-ring (bicyclic) bond motifs is 1. The fourth-order valence-electron chi connectivity index (χ4n) is 2.59. The van der Waals surface area contributed by atoms with E-state index in [9.17, 15) is 5.11 Å². The van der Waals surface area contributed by atoms with E-state index in [0.717, 1.165) is 39.0 Å². The molecule has 3 atom stereocenters. The maximum absolute atomic E-state index is 9.58. The number of nitrogens with zero attached hydrogens (tertiary/aromatic N) is 1. The van der Waals surface area contributed by atoms with Crippen LogP contribution in [0.4, 0.5) is 0 Å². The summed E-state index contributed by atoms with van der Waals surface area (Å²) < 4.78 is 0. The summed E-state index contributed by atoms with van der Waals surface area (Å²) in [5.41, 5.74) is 0. The molecular weight excluding hydrogens is 180 g/mol. The van der Waals surface area contributed by atoms with E-state index in [1.165, 1.54) is 0 Å². The van der Waals surface area contributed by atoms with E-state index < -0.39 is 6.10 Å². The molecule has 0 radical (unpaired) electrons. The number of rotatable bonds is 2. The number of nitrogens with one attached hydrogen (secondary N) is 1. The molecule has 3 N–H and O–H groups in total. The lowest BCUT2D eigenvalue weighted by Crippen LogP contribution is -2.56. The second-order valence-electron chi connectivity index (χ2n) is 4.44. The Balaban J connectivity index is 1.89. The van der Waals surface area contributed by atoms with Crippen LogP contribution in [0.2, 0.25) is 0 Å². The molecule has 0 amide bonds. The van der Waals surface area contributed by atoms with E-state index in [4.69, 9.17) is 5.11 Å². The van der Waals surface area contributed by atoms with Gasteiger partial charge in [0.1, 0.15) is 0 Å². The predicted octanol–water partition coefficient (Wildman–Crippen LogP) is -0.977. The second-order valence-corrected chi connectivity index (χ2v) is 4.44. The van der Waals surface area contributed by atoms with Gasteiger partial charge in [0.25, 0.3) is 0 Å². The van der Waals surface area contributed by atoms with Crippen molar-refractivity contribution >= 4 is 0 Å². The van der Waals surface area contributed by atoms with Crippen molar-refractivity contribution in [1.29, 1.82) is 0 Å².